The minimum absolute atomic E-state index is 0.496. The smallest absolute Gasteiger partial charge is 0.163 e. The lowest BCUT2D eigenvalue weighted by Gasteiger charge is -2.37. The number of nitrogens with zero attached hydrogens (tertiary/aromatic N) is 1. The molecule has 122 valence electrons. The zero-order chi connectivity index (χ0) is 16.1. The number of hydrogen-bond acceptors (Lipinski definition) is 2. The summed E-state index contributed by atoms with van der Waals surface area (Å²) in [6.07, 6.45) is 0. The summed E-state index contributed by atoms with van der Waals surface area (Å²) < 4.78 is 5.50. The van der Waals surface area contributed by atoms with Crippen LogP contribution in [0.25, 0.3) is 0 Å². The van der Waals surface area contributed by atoms with E-state index in [0.29, 0.717) is 6.04 Å². The average Bonchev–Trinajstić information content (AvgIpc) is 2.64. The molecule has 0 bridgehead atoms. The third-order valence-corrected chi connectivity index (χ3v) is 4.81. The normalized spacial score (nSPS) is 17.0. The minimum atomic E-state index is 0.496. The molecule has 1 fully saturated rings. The van der Waals surface area contributed by atoms with Gasteiger partial charge in [0.05, 0.1) is 39.0 Å². The van der Waals surface area contributed by atoms with Crippen LogP contribution in [0.4, 0.5) is 5.69 Å². The third kappa shape index (κ3) is 3.49. The summed E-state index contributed by atoms with van der Waals surface area (Å²) in [5.41, 5.74) is 6.80. The van der Waals surface area contributed by atoms with Crippen molar-refractivity contribution >= 4 is 5.69 Å². The highest BCUT2D eigenvalue weighted by Gasteiger charge is 2.29. The molecule has 23 heavy (non-hydrogen) atoms. The summed E-state index contributed by atoms with van der Waals surface area (Å²) in [4.78, 5) is 4.07. The number of nitrogens with one attached hydrogen (secondary N) is 1. The maximum Gasteiger partial charge on any atom is 0.163 e. The first-order valence-electron chi connectivity index (χ1n) is 8.40. The molecule has 2 aromatic carbocycles. The van der Waals surface area contributed by atoms with Crippen LogP contribution in [0.1, 0.15) is 11.6 Å². The van der Waals surface area contributed by atoms with Gasteiger partial charge in [0, 0.05) is 5.56 Å². The van der Waals surface area contributed by atoms with Crippen LogP contribution < -0.4 is 20.3 Å². The lowest BCUT2D eigenvalue weighted by molar-refractivity contribution is -0.938. The van der Waals surface area contributed by atoms with E-state index in [1.807, 2.05) is 12.1 Å². The Kier molecular flexibility index (Phi) is 5.16. The minimum Gasteiger partial charge on any atom is -0.495 e. The molecule has 0 spiro atoms. The Balaban J connectivity index is 1.68. The molecule has 0 unspecified atom stereocenters. The molecule has 1 heterocycles. The maximum absolute atomic E-state index is 5.50. The van der Waals surface area contributed by atoms with Crippen molar-refractivity contribution in [1.82, 2.24) is 0 Å². The van der Waals surface area contributed by atoms with Gasteiger partial charge in [-0.1, -0.05) is 42.5 Å². The lowest BCUT2D eigenvalue weighted by Crippen LogP contribution is -3.16. The molecule has 0 amide bonds. The van der Waals surface area contributed by atoms with Gasteiger partial charge < -0.3 is 20.3 Å². The molecule has 2 aromatic rings. The van der Waals surface area contributed by atoms with Crippen LogP contribution in [-0.2, 0) is 0 Å². The standard InChI is InChI=1S/C19H25N3O/c1-23-19-10-6-5-9-17(19)21-11-13-22(14-12-21)18(15-20)16-7-3-2-4-8-16/h2-10,18H,11-15,20H2,1H3/p+2/t18-/m0/s1. The summed E-state index contributed by atoms with van der Waals surface area (Å²) in [5.74, 6) is 0.965. The summed E-state index contributed by atoms with van der Waals surface area (Å²) in [7, 11) is 1.74. The summed E-state index contributed by atoms with van der Waals surface area (Å²) >= 11 is 0. The van der Waals surface area contributed by atoms with Gasteiger partial charge in [0.15, 0.2) is 6.04 Å². The second kappa shape index (κ2) is 7.49. The highest BCUT2D eigenvalue weighted by Crippen LogP contribution is 2.27. The van der Waals surface area contributed by atoms with Crippen LogP contribution in [0.3, 0.4) is 0 Å². The SMILES string of the molecule is COc1ccccc1N1CC[NH+]([C@@H](C[NH3+])c2ccccc2)CC1. The second-order valence-corrected chi connectivity index (χ2v) is 6.07. The topological polar surface area (TPSA) is 44.5 Å². The molecule has 1 atom stereocenters. The van der Waals surface area contributed by atoms with Gasteiger partial charge in [-0.15, -0.1) is 0 Å². The van der Waals surface area contributed by atoms with E-state index >= 15 is 0 Å². The number of anilines is 1. The first-order valence-corrected chi connectivity index (χ1v) is 8.40. The van der Waals surface area contributed by atoms with Gasteiger partial charge in [-0.05, 0) is 12.1 Å². The highest BCUT2D eigenvalue weighted by molar-refractivity contribution is 5.58. The van der Waals surface area contributed by atoms with Gasteiger partial charge in [-0.25, -0.2) is 0 Å². The van der Waals surface area contributed by atoms with E-state index in [1.165, 1.54) is 11.3 Å². The molecule has 4 nitrogen and oxygen atoms in total. The van der Waals surface area contributed by atoms with Gasteiger partial charge in [-0.3, -0.25) is 0 Å². The van der Waals surface area contributed by atoms with E-state index in [9.17, 15) is 0 Å². The number of para-hydroxylation sites is 2. The van der Waals surface area contributed by atoms with Gasteiger partial charge in [0.2, 0.25) is 0 Å². The number of methoxy groups -OCH3 is 1. The fourth-order valence-electron chi connectivity index (χ4n) is 3.57. The van der Waals surface area contributed by atoms with Crippen LogP contribution in [0.2, 0.25) is 0 Å². The molecule has 4 heteroatoms. The van der Waals surface area contributed by atoms with Gasteiger partial charge in [0.25, 0.3) is 0 Å². The molecule has 3 rings (SSSR count). The number of hydrogen-bond donors (Lipinski definition) is 2. The average molecular weight is 313 g/mol. The number of rotatable bonds is 5. The van der Waals surface area contributed by atoms with Crippen LogP contribution in [0.15, 0.2) is 54.6 Å². The third-order valence-electron chi connectivity index (χ3n) is 4.81. The van der Waals surface area contributed by atoms with Crippen LogP contribution in [0.5, 0.6) is 5.75 Å². The number of piperazine rings is 1. The second-order valence-electron chi connectivity index (χ2n) is 6.07. The Morgan fingerprint density at radius 1 is 1.04 bits per heavy atom. The molecule has 0 aromatic heterocycles. The molecule has 1 aliphatic heterocycles. The Hall–Kier alpha value is -2.04. The monoisotopic (exact) mass is 313 g/mol. The van der Waals surface area contributed by atoms with E-state index in [1.54, 1.807) is 12.0 Å². The highest BCUT2D eigenvalue weighted by atomic mass is 16.5. The van der Waals surface area contributed by atoms with Gasteiger partial charge in [-0.2, -0.15) is 0 Å². The Labute approximate surface area is 138 Å². The van der Waals surface area contributed by atoms with Crippen molar-refractivity contribution in [2.24, 2.45) is 0 Å². The summed E-state index contributed by atoms with van der Waals surface area (Å²) in [5, 5.41) is 0. The van der Waals surface area contributed by atoms with E-state index in [-0.39, 0.29) is 0 Å². The first kappa shape index (κ1) is 15.8. The quantitative estimate of drug-likeness (QED) is 0.838. The summed E-state index contributed by atoms with van der Waals surface area (Å²) in [6.45, 7) is 5.31. The zero-order valence-corrected chi connectivity index (χ0v) is 13.9. The number of ether oxygens (including phenoxy) is 1. The maximum atomic E-state index is 5.50. The van der Waals surface area contributed by atoms with E-state index in [0.717, 1.165) is 38.5 Å². The van der Waals surface area contributed by atoms with Crippen molar-refractivity contribution in [2.45, 2.75) is 6.04 Å². The predicted octanol–water partition coefficient (Wildman–Crippen LogP) is 0.383. The summed E-state index contributed by atoms with van der Waals surface area (Å²) in [6, 6.07) is 19.6. The molecule has 0 radical (unpaired) electrons. The van der Waals surface area contributed by atoms with Crippen molar-refractivity contribution in [2.75, 3.05) is 44.7 Å². The molecule has 0 saturated carbocycles. The zero-order valence-electron chi connectivity index (χ0n) is 13.9. The fourth-order valence-corrected chi connectivity index (χ4v) is 3.57. The molecule has 4 N–H and O–H groups in total. The fraction of sp³-hybridized carbons (Fsp3) is 0.368. The lowest BCUT2D eigenvalue weighted by atomic mass is 10.0. The Bertz CT molecular complexity index is 609. The molecular weight excluding hydrogens is 286 g/mol. The van der Waals surface area contributed by atoms with Crippen molar-refractivity contribution in [1.29, 1.82) is 0 Å². The van der Waals surface area contributed by atoms with Crippen LogP contribution in [-0.4, -0.2) is 39.8 Å². The molecular formula is C19H27N3O+2. The van der Waals surface area contributed by atoms with Crippen molar-refractivity contribution in [3.8, 4) is 5.75 Å². The molecule has 0 aliphatic carbocycles. The van der Waals surface area contributed by atoms with E-state index < -0.39 is 0 Å². The predicted molar refractivity (Wildman–Crippen MR) is 92.8 cm³/mol. The van der Waals surface area contributed by atoms with Crippen molar-refractivity contribution in [3.05, 3.63) is 60.2 Å². The van der Waals surface area contributed by atoms with E-state index in [2.05, 4.69) is 53.1 Å². The van der Waals surface area contributed by atoms with E-state index in [4.69, 9.17) is 4.74 Å². The van der Waals surface area contributed by atoms with Crippen LogP contribution in [0, 0.1) is 0 Å². The van der Waals surface area contributed by atoms with Crippen molar-refractivity contribution in [3.63, 3.8) is 0 Å². The van der Waals surface area contributed by atoms with Gasteiger partial charge >= 0.3 is 0 Å². The number of benzene rings is 2. The Morgan fingerprint density at radius 3 is 2.35 bits per heavy atom. The number of quaternary nitrogens is 2. The van der Waals surface area contributed by atoms with Crippen molar-refractivity contribution < 1.29 is 15.4 Å². The first-order chi connectivity index (χ1) is 11.3. The largest absolute Gasteiger partial charge is 0.495 e. The van der Waals surface area contributed by atoms with Crippen LogP contribution >= 0.6 is 0 Å². The molecule has 1 aliphatic rings. The molecule has 1 saturated heterocycles. The van der Waals surface area contributed by atoms with Gasteiger partial charge in [0.1, 0.15) is 12.3 Å². The Morgan fingerprint density at radius 2 is 1.70 bits per heavy atom.